The van der Waals surface area contributed by atoms with E-state index in [0.717, 1.165) is 28.8 Å². The van der Waals surface area contributed by atoms with Gasteiger partial charge >= 0.3 is 0 Å². The van der Waals surface area contributed by atoms with Crippen LogP contribution in [0.25, 0.3) is 0 Å². The summed E-state index contributed by atoms with van der Waals surface area (Å²) >= 11 is 20.4. The largest absolute Gasteiger partial charge is 0.179 e. The first-order valence-corrected chi connectivity index (χ1v) is 13.3. The van der Waals surface area contributed by atoms with Crippen LogP contribution in [-0.4, -0.2) is 28.8 Å². The van der Waals surface area contributed by atoms with E-state index in [1.807, 2.05) is 27.7 Å². The zero-order valence-corrected chi connectivity index (χ0v) is 24.4. The molecule has 0 spiro atoms. The van der Waals surface area contributed by atoms with Gasteiger partial charge in [-0.25, -0.2) is 0 Å². The molecular formula is C21H54S5. The third-order valence-corrected chi connectivity index (χ3v) is 6.31. The fourth-order valence-electron chi connectivity index (χ4n) is 0.1000. The van der Waals surface area contributed by atoms with Gasteiger partial charge in [-0.3, -0.25) is 0 Å². The molecule has 0 amide bonds. The molecule has 0 saturated carbocycles. The van der Waals surface area contributed by atoms with Gasteiger partial charge in [0.1, 0.15) is 0 Å². The van der Waals surface area contributed by atoms with E-state index in [2.05, 4.69) is 112 Å². The van der Waals surface area contributed by atoms with Crippen molar-refractivity contribution in [3.8, 4) is 0 Å². The summed E-state index contributed by atoms with van der Waals surface area (Å²) in [5.74, 6) is 4.67. The second kappa shape index (κ2) is 37.5. The predicted molar refractivity (Wildman–Crippen MR) is 150 cm³/mol. The Morgan fingerprint density at radius 2 is 0.615 bits per heavy atom. The Labute approximate surface area is 197 Å². The SMILES string of the molecule is CC.CC.CC(C)(CS)CS.CC(C)(CS)CS.CCCC.CCCS. The van der Waals surface area contributed by atoms with Crippen LogP contribution in [0.1, 0.15) is 95.4 Å². The first kappa shape index (κ1) is 42.0. The second-order valence-corrected chi connectivity index (χ2v) is 8.40. The molecule has 0 atom stereocenters. The molecular weight excluding hydrogens is 413 g/mol. The molecule has 0 nitrogen and oxygen atoms in total. The van der Waals surface area contributed by atoms with Crippen molar-refractivity contribution >= 4 is 63.1 Å². The molecule has 0 aliphatic heterocycles. The fourth-order valence-corrected chi connectivity index (χ4v) is 0.900. The van der Waals surface area contributed by atoms with Gasteiger partial charge in [0.05, 0.1) is 0 Å². The summed E-state index contributed by atoms with van der Waals surface area (Å²) in [6.45, 7) is 23.0. The maximum atomic E-state index is 4.13. The summed E-state index contributed by atoms with van der Waals surface area (Å²) in [4.78, 5) is 0. The molecule has 0 aliphatic rings. The maximum Gasteiger partial charge on any atom is -0.00386 e. The topological polar surface area (TPSA) is 0 Å². The van der Waals surface area contributed by atoms with Crippen molar-refractivity contribution in [2.24, 2.45) is 10.8 Å². The van der Waals surface area contributed by atoms with Crippen LogP contribution in [-0.2, 0) is 0 Å². The van der Waals surface area contributed by atoms with E-state index in [4.69, 9.17) is 0 Å². The summed E-state index contributed by atoms with van der Waals surface area (Å²) in [7, 11) is 0. The highest BCUT2D eigenvalue weighted by molar-refractivity contribution is 7.81. The molecule has 0 aliphatic carbocycles. The van der Waals surface area contributed by atoms with Crippen molar-refractivity contribution in [2.75, 3.05) is 28.8 Å². The van der Waals surface area contributed by atoms with Gasteiger partial charge in [0.25, 0.3) is 0 Å². The van der Waals surface area contributed by atoms with Crippen LogP contribution in [0.3, 0.4) is 0 Å². The van der Waals surface area contributed by atoms with Crippen molar-refractivity contribution in [3.63, 3.8) is 0 Å². The molecule has 0 radical (unpaired) electrons. The van der Waals surface area contributed by atoms with Crippen LogP contribution in [0.5, 0.6) is 0 Å². The van der Waals surface area contributed by atoms with Crippen LogP contribution < -0.4 is 0 Å². The summed E-state index contributed by atoms with van der Waals surface area (Å²) in [6, 6.07) is 0. The number of hydrogen-bond acceptors (Lipinski definition) is 5. The van der Waals surface area contributed by atoms with Crippen LogP contribution >= 0.6 is 63.1 Å². The zero-order chi connectivity index (χ0) is 22.7. The van der Waals surface area contributed by atoms with E-state index in [1.165, 1.54) is 19.3 Å². The lowest BCUT2D eigenvalue weighted by atomic mass is 10.0. The minimum Gasteiger partial charge on any atom is -0.179 e. The fraction of sp³-hybridized carbons (Fsp3) is 1.00. The normalized spacial score (nSPS) is 9.23. The Hall–Kier alpha value is 1.75. The first-order chi connectivity index (χ1) is 12.1. The number of rotatable bonds is 6. The summed E-state index contributed by atoms with van der Waals surface area (Å²) < 4.78 is 0. The Balaban J connectivity index is -0.0000000494. The maximum absolute atomic E-state index is 4.13. The molecule has 0 rings (SSSR count). The summed E-state index contributed by atoms with van der Waals surface area (Å²) in [5.41, 5.74) is 0.623. The standard InChI is InChI=1S/2C5H12S2.C4H10.C3H8S.2C2H6/c2*1-5(2,3-6)4-7;1-3-4-2;1-2-3-4;2*1-2/h2*6-7H,3-4H2,1-2H3;3-4H2,1-2H3;4H,2-3H2,1H3;2*1-2H3. The smallest absolute Gasteiger partial charge is 0.00386 e. The van der Waals surface area contributed by atoms with Crippen molar-refractivity contribution in [2.45, 2.75) is 95.4 Å². The van der Waals surface area contributed by atoms with E-state index in [-0.39, 0.29) is 0 Å². The Morgan fingerprint density at radius 3 is 0.615 bits per heavy atom. The Bertz CT molecular complexity index is 147. The molecule has 0 bridgehead atoms. The van der Waals surface area contributed by atoms with E-state index >= 15 is 0 Å². The molecule has 0 aromatic heterocycles. The lowest BCUT2D eigenvalue weighted by Gasteiger charge is -2.17. The van der Waals surface area contributed by atoms with E-state index < -0.39 is 0 Å². The second-order valence-electron chi connectivity index (χ2n) is 6.68. The van der Waals surface area contributed by atoms with E-state index in [9.17, 15) is 0 Å². The highest BCUT2D eigenvalue weighted by atomic mass is 32.1. The third kappa shape index (κ3) is 63.6. The third-order valence-electron chi connectivity index (χ3n) is 2.44. The minimum absolute atomic E-state index is 0.312. The number of unbranched alkanes of at least 4 members (excludes halogenated alkanes) is 1. The van der Waals surface area contributed by atoms with Gasteiger partial charge in [-0.2, -0.15) is 63.1 Å². The Morgan fingerprint density at radius 1 is 0.462 bits per heavy atom. The van der Waals surface area contributed by atoms with Gasteiger partial charge in [-0.1, -0.05) is 89.0 Å². The van der Waals surface area contributed by atoms with Crippen molar-refractivity contribution in [1.29, 1.82) is 0 Å². The van der Waals surface area contributed by atoms with Gasteiger partial charge in [0.2, 0.25) is 0 Å². The van der Waals surface area contributed by atoms with Gasteiger partial charge in [-0.05, 0) is 46.0 Å². The first-order valence-electron chi connectivity index (χ1n) is 10.1. The molecule has 168 valence electrons. The van der Waals surface area contributed by atoms with Crippen molar-refractivity contribution < 1.29 is 0 Å². The molecule has 0 heterocycles. The summed E-state index contributed by atoms with van der Waals surface area (Å²) in [5, 5.41) is 0. The minimum atomic E-state index is 0.312. The van der Waals surface area contributed by atoms with Gasteiger partial charge < -0.3 is 0 Å². The van der Waals surface area contributed by atoms with E-state index in [0.29, 0.717) is 10.8 Å². The molecule has 0 saturated heterocycles. The van der Waals surface area contributed by atoms with Gasteiger partial charge in [0.15, 0.2) is 0 Å². The van der Waals surface area contributed by atoms with E-state index in [1.54, 1.807) is 0 Å². The molecule has 0 unspecified atom stereocenters. The lowest BCUT2D eigenvalue weighted by Crippen LogP contribution is -2.14. The molecule has 0 aromatic rings. The molecule has 5 heteroatoms. The predicted octanol–water partition coefficient (Wildman–Crippen LogP) is 8.93. The summed E-state index contributed by atoms with van der Waals surface area (Å²) in [6.07, 6.45) is 3.82. The molecule has 0 N–H and O–H groups in total. The lowest BCUT2D eigenvalue weighted by molar-refractivity contribution is 0.495. The quantitative estimate of drug-likeness (QED) is 0.237. The average molecular weight is 467 g/mol. The highest BCUT2D eigenvalue weighted by Crippen LogP contribution is 2.17. The molecule has 0 fully saturated rings. The molecule has 26 heavy (non-hydrogen) atoms. The molecule has 0 aromatic carbocycles. The Kier molecular flexibility index (Phi) is 60.5. The number of thiol groups is 5. The van der Waals surface area contributed by atoms with Crippen LogP contribution in [0.2, 0.25) is 0 Å². The van der Waals surface area contributed by atoms with Crippen LogP contribution in [0.15, 0.2) is 0 Å². The van der Waals surface area contributed by atoms with Crippen molar-refractivity contribution in [3.05, 3.63) is 0 Å². The van der Waals surface area contributed by atoms with Crippen LogP contribution in [0.4, 0.5) is 0 Å². The van der Waals surface area contributed by atoms with Gasteiger partial charge in [0, 0.05) is 0 Å². The van der Waals surface area contributed by atoms with Crippen LogP contribution in [0, 0.1) is 10.8 Å². The van der Waals surface area contributed by atoms with Crippen molar-refractivity contribution in [1.82, 2.24) is 0 Å². The highest BCUT2D eigenvalue weighted by Gasteiger charge is 2.11. The van der Waals surface area contributed by atoms with Gasteiger partial charge in [-0.15, -0.1) is 0 Å². The average Bonchev–Trinajstić information content (AvgIpc) is 2.71. The monoisotopic (exact) mass is 466 g/mol. The zero-order valence-electron chi connectivity index (χ0n) is 19.9. The number of hydrogen-bond donors (Lipinski definition) is 5.